The number of carbonyl (C=O) groups is 1. The van der Waals surface area contributed by atoms with Crippen LogP contribution in [0.3, 0.4) is 0 Å². The number of carbonyl (C=O) groups excluding carboxylic acids is 1. The highest BCUT2D eigenvalue weighted by atomic mass is 35.5. The number of hydrogen-bond donors (Lipinski definition) is 0. The van der Waals surface area contributed by atoms with Crippen LogP contribution in [-0.4, -0.2) is 6.29 Å². The fourth-order valence-corrected chi connectivity index (χ4v) is 1.54. The van der Waals surface area contributed by atoms with Crippen LogP contribution < -0.4 is 5.55 Å². The third-order valence-corrected chi connectivity index (χ3v) is 2.63. The molecule has 4 heteroatoms. The number of nitrogens with zero attached hydrogens (tertiary/aromatic N) is 1. The second-order valence-corrected chi connectivity index (χ2v) is 3.94. The number of benzene rings is 1. The van der Waals surface area contributed by atoms with Crippen molar-refractivity contribution in [2.75, 3.05) is 0 Å². The molecule has 17 heavy (non-hydrogen) atoms. The fourth-order valence-electron chi connectivity index (χ4n) is 1.36. The van der Waals surface area contributed by atoms with Crippen molar-refractivity contribution in [3.05, 3.63) is 58.3 Å². The summed E-state index contributed by atoms with van der Waals surface area (Å²) in [7, 11) is 0. The molecule has 0 spiro atoms. The van der Waals surface area contributed by atoms with Gasteiger partial charge in [-0.15, -0.1) is 0 Å². The van der Waals surface area contributed by atoms with Crippen molar-refractivity contribution in [1.82, 2.24) is 0 Å². The molecule has 1 aromatic heterocycles. The van der Waals surface area contributed by atoms with Gasteiger partial charge in [0, 0.05) is 6.07 Å². The van der Waals surface area contributed by atoms with E-state index >= 15 is 0 Å². The lowest BCUT2D eigenvalue weighted by molar-refractivity contribution is 0.112. The number of aldehydes is 1. The van der Waals surface area contributed by atoms with Gasteiger partial charge < -0.3 is 4.42 Å². The number of aryl methyl sites for hydroxylation is 1. The van der Waals surface area contributed by atoms with Gasteiger partial charge in [0.2, 0.25) is 5.55 Å². The minimum absolute atomic E-state index is 0.315. The molecule has 0 bridgehead atoms. The molecule has 0 atom stereocenters. The first-order valence-electron chi connectivity index (χ1n) is 5.04. The Labute approximate surface area is 103 Å². The van der Waals surface area contributed by atoms with Gasteiger partial charge in [-0.05, 0) is 18.6 Å². The summed E-state index contributed by atoms with van der Waals surface area (Å²) >= 11 is 5.88. The predicted octanol–water partition coefficient (Wildman–Crippen LogP) is 3.29. The van der Waals surface area contributed by atoms with Crippen LogP contribution in [0.1, 0.15) is 15.9 Å². The van der Waals surface area contributed by atoms with Crippen molar-refractivity contribution in [3.63, 3.8) is 0 Å². The van der Waals surface area contributed by atoms with Gasteiger partial charge in [0.25, 0.3) is 0 Å². The maximum Gasteiger partial charge on any atom is 0.220 e. The molecule has 0 N–H and O–H groups in total. The molecule has 1 heterocycles. The predicted molar refractivity (Wildman–Crippen MR) is 65.5 cm³/mol. The van der Waals surface area contributed by atoms with E-state index in [4.69, 9.17) is 16.0 Å². The van der Waals surface area contributed by atoms with Crippen LogP contribution in [0.25, 0.3) is 0 Å². The topological polar surface area (TPSA) is 42.6 Å². The van der Waals surface area contributed by atoms with E-state index in [1.807, 2.05) is 31.2 Å². The maximum absolute atomic E-state index is 10.6. The van der Waals surface area contributed by atoms with E-state index in [0.717, 1.165) is 11.3 Å². The quantitative estimate of drug-likeness (QED) is 0.765. The van der Waals surface area contributed by atoms with Crippen LogP contribution >= 0.6 is 11.6 Å². The second-order valence-electron chi connectivity index (χ2n) is 3.54. The Morgan fingerprint density at radius 2 is 2.12 bits per heavy atom. The zero-order valence-corrected chi connectivity index (χ0v) is 9.94. The van der Waals surface area contributed by atoms with E-state index in [2.05, 4.69) is 4.99 Å². The van der Waals surface area contributed by atoms with E-state index in [9.17, 15) is 4.79 Å². The van der Waals surface area contributed by atoms with Crippen LogP contribution in [0.5, 0.6) is 0 Å². The highest BCUT2D eigenvalue weighted by Crippen LogP contribution is 2.16. The van der Waals surface area contributed by atoms with Crippen molar-refractivity contribution < 1.29 is 9.21 Å². The fraction of sp³-hybridized carbons (Fsp3) is 0.0769. The maximum atomic E-state index is 10.6. The number of para-hydroxylation sites is 1. The summed E-state index contributed by atoms with van der Waals surface area (Å²) in [5, 5.41) is 0.332. The molecule has 0 fully saturated rings. The average Bonchev–Trinajstić information content (AvgIpc) is 2.32. The largest absolute Gasteiger partial charge is 0.446 e. The van der Waals surface area contributed by atoms with Gasteiger partial charge in [-0.2, -0.15) is 0 Å². The molecule has 0 aliphatic carbocycles. The van der Waals surface area contributed by atoms with Crippen molar-refractivity contribution in [2.24, 2.45) is 4.99 Å². The monoisotopic (exact) mass is 247 g/mol. The molecule has 1 aromatic carbocycles. The van der Waals surface area contributed by atoms with E-state index in [-0.39, 0.29) is 0 Å². The van der Waals surface area contributed by atoms with E-state index in [1.54, 1.807) is 0 Å². The van der Waals surface area contributed by atoms with Gasteiger partial charge in [-0.1, -0.05) is 29.8 Å². The molecular formula is C13H10ClNO2. The van der Waals surface area contributed by atoms with Crippen LogP contribution in [-0.2, 0) is 0 Å². The molecule has 2 rings (SSSR count). The van der Waals surface area contributed by atoms with Crippen molar-refractivity contribution in [1.29, 1.82) is 0 Å². The Balaban J connectivity index is 2.51. The van der Waals surface area contributed by atoms with E-state index < -0.39 is 0 Å². The summed E-state index contributed by atoms with van der Waals surface area (Å²) in [5.74, 6) is 0. The normalized spacial score (nSPS) is 11.5. The standard InChI is InChI=1S/C13H10ClNO2/c1-9-4-2-3-5-12(9)15-13-6-11(14)10(7-16)8-17-13/h2-8H,1H3. The van der Waals surface area contributed by atoms with Gasteiger partial charge in [0.05, 0.1) is 16.3 Å². The summed E-state index contributed by atoms with van der Waals surface area (Å²) in [6.45, 7) is 1.96. The Bertz CT molecular complexity index is 617. The molecular weight excluding hydrogens is 238 g/mol. The minimum Gasteiger partial charge on any atom is -0.446 e. The zero-order chi connectivity index (χ0) is 12.3. The highest BCUT2D eigenvalue weighted by molar-refractivity contribution is 6.32. The van der Waals surface area contributed by atoms with Crippen LogP contribution in [0.2, 0.25) is 5.02 Å². The van der Waals surface area contributed by atoms with Crippen molar-refractivity contribution in [3.8, 4) is 0 Å². The third-order valence-electron chi connectivity index (χ3n) is 2.31. The highest BCUT2D eigenvalue weighted by Gasteiger charge is 2.00. The molecule has 0 saturated carbocycles. The number of rotatable bonds is 2. The van der Waals surface area contributed by atoms with Crippen LogP contribution in [0.15, 0.2) is 46.0 Å². The van der Waals surface area contributed by atoms with Crippen LogP contribution in [0.4, 0.5) is 5.69 Å². The molecule has 86 valence electrons. The summed E-state index contributed by atoms with van der Waals surface area (Å²) < 4.78 is 5.21. The van der Waals surface area contributed by atoms with Gasteiger partial charge in [0.15, 0.2) is 6.29 Å². The molecule has 0 amide bonds. The molecule has 0 aliphatic rings. The zero-order valence-electron chi connectivity index (χ0n) is 9.18. The van der Waals surface area contributed by atoms with Crippen molar-refractivity contribution in [2.45, 2.75) is 6.92 Å². The second kappa shape index (κ2) is 4.97. The summed E-state index contributed by atoms with van der Waals surface area (Å²) in [4.78, 5) is 14.9. The first kappa shape index (κ1) is 11.6. The lowest BCUT2D eigenvalue weighted by Gasteiger charge is -1.98. The molecule has 0 aliphatic heterocycles. The Hall–Kier alpha value is -1.87. The first-order chi connectivity index (χ1) is 8.20. The minimum atomic E-state index is 0.315. The lowest BCUT2D eigenvalue weighted by Crippen LogP contribution is -2.00. The third kappa shape index (κ3) is 2.63. The average molecular weight is 248 g/mol. The Morgan fingerprint density at radius 3 is 2.76 bits per heavy atom. The summed E-state index contributed by atoms with van der Waals surface area (Å²) in [6, 6.07) is 9.20. The van der Waals surface area contributed by atoms with Gasteiger partial charge in [0.1, 0.15) is 6.26 Å². The Kier molecular flexibility index (Phi) is 3.40. The number of hydrogen-bond acceptors (Lipinski definition) is 3. The van der Waals surface area contributed by atoms with Gasteiger partial charge in [-0.25, -0.2) is 4.99 Å². The van der Waals surface area contributed by atoms with E-state index in [0.29, 0.717) is 22.4 Å². The molecule has 3 nitrogen and oxygen atoms in total. The molecule has 2 aromatic rings. The SMILES string of the molecule is Cc1ccccc1N=c1cc(Cl)c(C=O)co1. The molecule has 0 radical (unpaired) electrons. The summed E-state index contributed by atoms with van der Waals surface area (Å²) in [6.07, 6.45) is 1.94. The summed E-state index contributed by atoms with van der Waals surface area (Å²) in [5.41, 5.74) is 2.54. The lowest BCUT2D eigenvalue weighted by atomic mass is 10.2. The van der Waals surface area contributed by atoms with Crippen molar-refractivity contribution >= 4 is 23.6 Å². The van der Waals surface area contributed by atoms with Gasteiger partial charge >= 0.3 is 0 Å². The Morgan fingerprint density at radius 1 is 1.35 bits per heavy atom. The first-order valence-corrected chi connectivity index (χ1v) is 5.42. The number of halogens is 1. The molecule has 0 saturated heterocycles. The van der Waals surface area contributed by atoms with E-state index in [1.165, 1.54) is 12.3 Å². The smallest absolute Gasteiger partial charge is 0.220 e. The van der Waals surface area contributed by atoms with Gasteiger partial charge in [-0.3, -0.25) is 4.79 Å². The molecule has 0 unspecified atom stereocenters. The van der Waals surface area contributed by atoms with Crippen LogP contribution in [0, 0.1) is 6.92 Å².